The summed E-state index contributed by atoms with van der Waals surface area (Å²) in [5.74, 6) is 0.156. The quantitative estimate of drug-likeness (QED) is 0.731. The lowest BCUT2D eigenvalue weighted by atomic mass is 10.2. The standard InChI is InChI=1S/C12H19N3O2/c1-3-9(13)8-15-11-10(6-5-7-14-11)12(16)17-4-2/h5-7,9H,3-4,8,13H2,1-2H3,(H,14,15). The van der Waals surface area contributed by atoms with Gasteiger partial charge >= 0.3 is 5.97 Å². The van der Waals surface area contributed by atoms with Gasteiger partial charge in [-0.05, 0) is 25.5 Å². The van der Waals surface area contributed by atoms with Crippen molar-refractivity contribution in [3.63, 3.8) is 0 Å². The Morgan fingerprint density at radius 2 is 2.35 bits per heavy atom. The van der Waals surface area contributed by atoms with Crippen LogP contribution in [0.5, 0.6) is 0 Å². The molecule has 0 bridgehead atoms. The molecule has 1 unspecified atom stereocenters. The van der Waals surface area contributed by atoms with Gasteiger partial charge in [-0.15, -0.1) is 0 Å². The smallest absolute Gasteiger partial charge is 0.341 e. The predicted molar refractivity (Wildman–Crippen MR) is 66.9 cm³/mol. The lowest BCUT2D eigenvalue weighted by Crippen LogP contribution is -2.29. The number of carbonyl (C=O) groups excluding carboxylic acids is 1. The molecule has 3 N–H and O–H groups in total. The Morgan fingerprint density at radius 3 is 3.00 bits per heavy atom. The molecule has 0 fully saturated rings. The highest BCUT2D eigenvalue weighted by Gasteiger charge is 2.13. The van der Waals surface area contributed by atoms with Crippen molar-refractivity contribution < 1.29 is 9.53 Å². The molecule has 0 spiro atoms. The van der Waals surface area contributed by atoms with Gasteiger partial charge in [-0.3, -0.25) is 0 Å². The Bertz CT molecular complexity index is 369. The zero-order chi connectivity index (χ0) is 12.7. The van der Waals surface area contributed by atoms with E-state index in [1.165, 1.54) is 0 Å². The Labute approximate surface area is 101 Å². The fourth-order valence-corrected chi connectivity index (χ4v) is 1.29. The summed E-state index contributed by atoms with van der Waals surface area (Å²) in [5.41, 5.74) is 6.24. The second-order valence-corrected chi connectivity index (χ2v) is 3.67. The Hall–Kier alpha value is -1.62. The van der Waals surface area contributed by atoms with Crippen LogP contribution in [0.15, 0.2) is 18.3 Å². The van der Waals surface area contributed by atoms with Crippen molar-refractivity contribution in [3.05, 3.63) is 23.9 Å². The molecule has 0 radical (unpaired) electrons. The molecule has 0 aliphatic rings. The van der Waals surface area contributed by atoms with Crippen LogP contribution in [-0.2, 0) is 4.74 Å². The number of pyridine rings is 1. The highest BCUT2D eigenvalue weighted by atomic mass is 16.5. The molecule has 5 nitrogen and oxygen atoms in total. The fraction of sp³-hybridized carbons (Fsp3) is 0.500. The van der Waals surface area contributed by atoms with Gasteiger partial charge in [0.2, 0.25) is 0 Å². The Morgan fingerprint density at radius 1 is 1.59 bits per heavy atom. The number of nitrogens with two attached hydrogens (primary N) is 1. The number of hydrogen-bond donors (Lipinski definition) is 2. The topological polar surface area (TPSA) is 77.2 Å². The molecule has 0 aliphatic carbocycles. The average Bonchev–Trinajstić information content (AvgIpc) is 2.36. The van der Waals surface area contributed by atoms with E-state index in [4.69, 9.17) is 10.5 Å². The third kappa shape index (κ3) is 4.03. The van der Waals surface area contributed by atoms with Crippen LogP contribution in [0, 0.1) is 0 Å². The van der Waals surface area contributed by atoms with Crippen molar-refractivity contribution in [2.24, 2.45) is 5.73 Å². The molecule has 1 heterocycles. The summed E-state index contributed by atoms with van der Waals surface area (Å²) in [7, 11) is 0. The van der Waals surface area contributed by atoms with Crippen molar-refractivity contribution in [2.45, 2.75) is 26.3 Å². The maximum absolute atomic E-state index is 11.6. The van der Waals surface area contributed by atoms with Crippen LogP contribution in [0.25, 0.3) is 0 Å². The number of nitrogens with one attached hydrogen (secondary N) is 1. The number of ether oxygens (including phenoxy) is 1. The summed E-state index contributed by atoms with van der Waals surface area (Å²) in [5, 5.41) is 3.07. The second-order valence-electron chi connectivity index (χ2n) is 3.67. The SMILES string of the molecule is CCOC(=O)c1cccnc1NCC(N)CC. The fourth-order valence-electron chi connectivity index (χ4n) is 1.29. The van der Waals surface area contributed by atoms with E-state index in [2.05, 4.69) is 10.3 Å². The molecule has 0 aliphatic heterocycles. The van der Waals surface area contributed by atoms with E-state index in [0.717, 1.165) is 6.42 Å². The monoisotopic (exact) mass is 237 g/mol. The summed E-state index contributed by atoms with van der Waals surface area (Å²) in [6, 6.07) is 3.44. The van der Waals surface area contributed by atoms with Gasteiger partial charge in [0.25, 0.3) is 0 Å². The van der Waals surface area contributed by atoms with Crippen molar-refractivity contribution in [1.29, 1.82) is 0 Å². The number of hydrogen-bond acceptors (Lipinski definition) is 5. The van der Waals surface area contributed by atoms with E-state index in [0.29, 0.717) is 24.5 Å². The second kappa shape index (κ2) is 6.85. The van der Waals surface area contributed by atoms with Crippen molar-refractivity contribution in [1.82, 2.24) is 4.98 Å². The minimum atomic E-state index is -0.367. The van der Waals surface area contributed by atoms with Gasteiger partial charge in [0, 0.05) is 18.8 Å². The van der Waals surface area contributed by atoms with Crippen LogP contribution in [0.1, 0.15) is 30.6 Å². The van der Waals surface area contributed by atoms with Crippen molar-refractivity contribution >= 4 is 11.8 Å². The molecular weight excluding hydrogens is 218 g/mol. The maximum Gasteiger partial charge on any atom is 0.341 e. The first-order valence-electron chi connectivity index (χ1n) is 5.80. The van der Waals surface area contributed by atoms with Crippen molar-refractivity contribution in [3.8, 4) is 0 Å². The zero-order valence-corrected chi connectivity index (χ0v) is 10.3. The molecule has 1 aromatic heterocycles. The lowest BCUT2D eigenvalue weighted by molar-refractivity contribution is 0.0527. The summed E-state index contributed by atoms with van der Waals surface area (Å²) in [6.45, 7) is 4.72. The van der Waals surface area contributed by atoms with Gasteiger partial charge in [-0.2, -0.15) is 0 Å². The van der Waals surface area contributed by atoms with Crippen LogP contribution in [0.2, 0.25) is 0 Å². The van der Waals surface area contributed by atoms with Gasteiger partial charge in [-0.25, -0.2) is 9.78 Å². The van der Waals surface area contributed by atoms with E-state index >= 15 is 0 Å². The van der Waals surface area contributed by atoms with E-state index in [1.807, 2.05) is 6.92 Å². The summed E-state index contributed by atoms with van der Waals surface area (Å²) in [6.07, 6.45) is 2.50. The number of aromatic nitrogens is 1. The molecule has 94 valence electrons. The minimum Gasteiger partial charge on any atom is -0.462 e. The molecule has 1 aromatic rings. The van der Waals surface area contributed by atoms with Crippen molar-refractivity contribution in [2.75, 3.05) is 18.5 Å². The molecule has 0 saturated heterocycles. The van der Waals surface area contributed by atoms with E-state index in [-0.39, 0.29) is 12.0 Å². The summed E-state index contributed by atoms with van der Waals surface area (Å²) < 4.78 is 4.95. The molecule has 1 rings (SSSR count). The highest BCUT2D eigenvalue weighted by Crippen LogP contribution is 2.12. The van der Waals surface area contributed by atoms with Gasteiger partial charge in [0.15, 0.2) is 0 Å². The first kappa shape index (κ1) is 13.4. The van der Waals surface area contributed by atoms with Gasteiger partial charge in [0.05, 0.1) is 6.61 Å². The van der Waals surface area contributed by atoms with E-state index in [9.17, 15) is 4.79 Å². The third-order valence-corrected chi connectivity index (χ3v) is 2.36. The third-order valence-electron chi connectivity index (χ3n) is 2.36. The lowest BCUT2D eigenvalue weighted by Gasteiger charge is -2.13. The number of esters is 1. The van der Waals surface area contributed by atoms with Crippen LogP contribution >= 0.6 is 0 Å². The van der Waals surface area contributed by atoms with Crippen LogP contribution < -0.4 is 11.1 Å². The first-order valence-corrected chi connectivity index (χ1v) is 5.80. The van der Waals surface area contributed by atoms with Crippen LogP contribution in [0.4, 0.5) is 5.82 Å². The molecule has 5 heteroatoms. The molecule has 0 saturated carbocycles. The molecule has 0 aromatic carbocycles. The Kier molecular flexibility index (Phi) is 5.42. The molecule has 0 amide bonds. The van der Waals surface area contributed by atoms with Crippen LogP contribution in [-0.4, -0.2) is 30.1 Å². The van der Waals surface area contributed by atoms with E-state index in [1.54, 1.807) is 25.3 Å². The largest absolute Gasteiger partial charge is 0.462 e. The number of anilines is 1. The average molecular weight is 237 g/mol. The summed E-state index contributed by atoms with van der Waals surface area (Å²) >= 11 is 0. The van der Waals surface area contributed by atoms with Gasteiger partial charge < -0.3 is 15.8 Å². The first-order chi connectivity index (χ1) is 8.19. The minimum absolute atomic E-state index is 0.0482. The molecule has 1 atom stereocenters. The van der Waals surface area contributed by atoms with Gasteiger partial charge in [0.1, 0.15) is 11.4 Å². The summed E-state index contributed by atoms with van der Waals surface area (Å²) in [4.78, 5) is 15.8. The Balaban J connectivity index is 2.74. The normalized spacial score (nSPS) is 11.9. The number of nitrogens with zero attached hydrogens (tertiary/aromatic N) is 1. The predicted octanol–water partition coefficient (Wildman–Crippen LogP) is 1.41. The van der Waals surface area contributed by atoms with E-state index < -0.39 is 0 Å². The number of rotatable bonds is 6. The maximum atomic E-state index is 11.6. The number of carbonyl (C=O) groups is 1. The molecular formula is C12H19N3O2. The molecule has 17 heavy (non-hydrogen) atoms. The zero-order valence-electron chi connectivity index (χ0n) is 10.3. The van der Waals surface area contributed by atoms with Gasteiger partial charge in [-0.1, -0.05) is 6.92 Å². The van der Waals surface area contributed by atoms with Crippen LogP contribution in [0.3, 0.4) is 0 Å². The highest BCUT2D eigenvalue weighted by molar-refractivity contribution is 5.94.